The highest BCUT2D eigenvalue weighted by molar-refractivity contribution is 8.76. The molecule has 146 valence electrons. The molecule has 0 aliphatic carbocycles. The van der Waals surface area contributed by atoms with E-state index in [0.717, 1.165) is 33.7 Å². The number of aromatic nitrogens is 8. The van der Waals surface area contributed by atoms with E-state index in [9.17, 15) is 8.78 Å². The molecule has 0 saturated carbocycles. The first kappa shape index (κ1) is 18.6. The van der Waals surface area contributed by atoms with Crippen LogP contribution in [-0.4, -0.2) is 52.4 Å². The molecule has 10 nitrogen and oxygen atoms in total. The average Bonchev–Trinajstić information content (AvgIpc) is 3.24. The van der Waals surface area contributed by atoms with Gasteiger partial charge in [0.15, 0.2) is 11.3 Å². The molecule has 4 aromatic heterocycles. The molecule has 0 aliphatic heterocycles. The Morgan fingerprint density at radius 3 is 1.61 bits per heavy atom. The molecule has 0 aromatic carbocycles. The Morgan fingerprint density at radius 2 is 1.21 bits per heavy atom. The average molecular weight is 426 g/mol. The van der Waals surface area contributed by atoms with Crippen LogP contribution in [0.5, 0.6) is 12.0 Å². The van der Waals surface area contributed by atoms with Crippen LogP contribution in [0, 0.1) is 11.9 Å². The van der Waals surface area contributed by atoms with Gasteiger partial charge in [0.2, 0.25) is 22.2 Å². The summed E-state index contributed by atoms with van der Waals surface area (Å²) in [5.41, 5.74) is 0.513. The normalized spacial score (nSPS) is 11.4. The first-order valence-electron chi connectivity index (χ1n) is 8.04. The lowest BCUT2D eigenvalue weighted by Gasteiger charge is -2.02. The molecule has 0 saturated heterocycles. The summed E-state index contributed by atoms with van der Waals surface area (Å²) in [4.78, 5) is 15.8. The van der Waals surface area contributed by atoms with E-state index in [1.165, 1.54) is 9.03 Å². The highest BCUT2D eigenvalue weighted by Gasteiger charge is 2.16. The Balaban J connectivity index is 1.59. The van der Waals surface area contributed by atoms with Crippen LogP contribution in [0.1, 0.15) is 13.8 Å². The van der Waals surface area contributed by atoms with Crippen LogP contribution in [-0.2, 0) is 0 Å². The molecular weight excluding hydrogens is 414 g/mol. The molecule has 0 aliphatic rings. The van der Waals surface area contributed by atoms with Gasteiger partial charge in [0.1, 0.15) is 0 Å². The smallest absolute Gasteiger partial charge is 0.322 e. The quantitative estimate of drug-likeness (QED) is 0.323. The first-order chi connectivity index (χ1) is 13.6. The van der Waals surface area contributed by atoms with E-state index in [-0.39, 0.29) is 23.3 Å². The van der Waals surface area contributed by atoms with Crippen LogP contribution < -0.4 is 9.47 Å². The number of nitrogens with zero attached hydrogens (tertiary/aromatic N) is 8. The minimum Gasteiger partial charge on any atom is -0.464 e. The molecule has 14 heteroatoms. The van der Waals surface area contributed by atoms with Crippen molar-refractivity contribution in [2.75, 3.05) is 13.2 Å². The minimum absolute atomic E-state index is 0.00982. The minimum atomic E-state index is -0.715. The Labute approximate surface area is 164 Å². The number of hydrogen-bond donors (Lipinski definition) is 0. The fraction of sp³-hybridized carbons (Fsp3) is 0.286. The van der Waals surface area contributed by atoms with Crippen molar-refractivity contribution in [3.63, 3.8) is 0 Å². The molecule has 0 amide bonds. The summed E-state index contributed by atoms with van der Waals surface area (Å²) in [5, 5.41) is 9.12. The Morgan fingerprint density at radius 1 is 0.786 bits per heavy atom. The van der Waals surface area contributed by atoms with Gasteiger partial charge in [-0.3, -0.25) is 0 Å². The van der Waals surface area contributed by atoms with E-state index in [1.54, 1.807) is 13.8 Å². The molecule has 0 spiro atoms. The fourth-order valence-electron chi connectivity index (χ4n) is 2.22. The maximum absolute atomic E-state index is 13.6. The van der Waals surface area contributed by atoms with Crippen molar-refractivity contribution in [3.8, 4) is 12.0 Å². The van der Waals surface area contributed by atoms with Gasteiger partial charge < -0.3 is 9.47 Å². The molecular formula is C14H12F2N8O2S2. The number of fused-ring (bicyclic) bond motifs is 2. The standard InChI is InChI=1S/C14H12F2N8O2S2/c1-3-25-13-17-7(15)5-9-19-11(21-23(9)13)27-28-12-20-10-6-8(16)18-14(26-4-2)24(10)22-12/h5-6H,3-4H2,1-2H3. The Bertz CT molecular complexity index is 1060. The summed E-state index contributed by atoms with van der Waals surface area (Å²) in [6.07, 6.45) is 0. The largest absolute Gasteiger partial charge is 0.464 e. The van der Waals surface area contributed by atoms with E-state index in [1.807, 2.05) is 0 Å². The van der Waals surface area contributed by atoms with Gasteiger partial charge in [-0.15, -0.1) is 10.2 Å². The molecule has 0 atom stereocenters. The third-order valence-corrected chi connectivity index (χ3v) is 5.10. The molecule has 4 aromatic rings. The van der Waals surface area contributed by atoms with Crippen molar-refractivity contribution >= 4 is 32.9 Å². The van der Waals surface area contributed by atoms with Gasteiger partial charge in [-0.2, -0.15) is 27.8 Å². The predicted molar refractivity (Wildman–Crippen MR) is 95.5 cm³/mol. The lowest BCUT2D eigenvalue weighted by molar-refractivity contribution is 0.296. The van der Waals surface area contributed by atoms with Gasteiger partial charge in [0.05, 0.1) is 13.2 Å². The third kappa shape index (κ3) is 3.64. The number of hydrogen-bond acceptors (Lipinski definition) is 10. The van der Waals surface area contributed by atoms with Crippen LogP contribution >= 0.6 is 21.6 Å². The highest BCUT2D eigenvalue weighted by atomic mass is 33.1. The van der Waals surface area contributed by atoms with Crippen molar-refractivity contribution in [3.05, 3.63) is 24.0 Å². The maximum Gasteiger partial charge on any atom is 0.322 e. The summed E-state index contributed by atoms with van der Waals surface area (Å²) >= 11 is 0. The number of halogens is 2. The van der Waals surface area contributed by atoms with Crippen LogP contribution in [0.15, 0.2) is 22.4 Å². The zero-order valence-electron chi connectivity index (χ0n) is 14.5. The van der Waals surface area contributed by atoms with Gasteiger partial charge in [0.25, 0.3) is 0 Å². The zero-order chi connectivity index (χ0) is 19.7. The number of rotatable bonds is 7. The zero-order valence-corrected chi connectivity index (χ0v) is 16.2. The van der Waals surface area contributed by atoms with Crippen molar-refractivity contribution < 1.29 is 18.3 Å². The molecule has 4 heterocycles. The van der Waals surface area contributed by atoms with Crippen molar-refractivity contribution in [1.82, 2.24) is 39.2 Å². The van der Waals surface area contributed by atoms with E-state index >= 15 is 0 Å². The van der Waals surface area contributed by atoms with Gasteiger partial charge in [0, 0.05) is 12.1 Å². The van der Waals surface area contributed by atoms with Crippen LogP contribution in [0.4, 0.5) is 8.78 Å². The Hall–Kier alpha value is -2.74. The maximum atomic E-state index is 13.6. The number of ether oxygens (including phenoxy) is 2. The summed E-state index contributed by atoms with van der Waals surface area (Å²) < 4.78 is 40.3. The fourth-order valence-corrected chi connectivity index (χ4v) is 3.73. The molecule has 28 heavy (non-hydrogen) atoms. The molecule has 0 radical (unpaired) electrons. The van der Waals surface area contributed by atoms with Crippen molar-refractivity contribution in [1.29, 1.82) is 0 Å². The van der Waals surface area contributed by atoms with Crippen molar-refractivity contribution in [2.24, 2.45) is 0 Å². The first-order valence-corrected chi connectivity index (χ1v) is 10.2. The summed E-state index contributed by atoms with van der Waals surface area (Å²) in [6, 6.07) is 2.32. The van der Waals surface area contributed by atoms with E-state index in [2.05, 4.69) is 30.1 Å². The highest BCUT2D eigenvalue weighted by Crippen LogP contribution is 2.34. The van der Waals surface area contributed by atoms with Gasteiger partial charge in [-0.05, 0) is 35.4 Å². The van der Waals surface area contributed by atoms with Gasteiger partial charge in [-0.1, -0.05) is 0 Å². The SMILES string of the molecule is CCOc1nc(F)cc2nc(SSc3nc4cc(F)nc(OCC)n4n3)nn12. The van der Waals surface area contributed by atoms with E-state index in [4.69, 9.17) is 9.47 Å². The van der Waals surface area contributed by atoms with Crippen LogP contribution in [0.3, 0.4) is 0 Å². The summed E-state index contributed by atoms with van der Waals surface area (Å²) in [5.74, 6) is -1.43. The van der Waals surface area contributed by atoms with E-state index < -0.39 is 11.9 Å². The molecule has 0 unspecified atom stereocenters. The lowest BCUT2D eigenvalue weighted by atomic mass is 10.6. The monoisotopic (exact) mass is 426 g/mol. The topological polar surface area (TPSA) is 105 Å². The summed E-state index contributed by atoms with van der Waals surface area (Å²) in [7, 11) is 2.29. The van der Waals surface area contributed by atoms with Gasteiger partial charge in [-0.25, -0.2) is 9.97 Å². The van der Waals surface area contributed by atoms with Gasteiger partial charge >= 0.3 is 12.0 Å². The second-order valence-corrected chi connectivity index (χ2v) is 7.15. The lowest BCUT2D eigenvalue weighted by Crippen LogP contribution is -2.04. The summed E-state index contributed by atoms with van der Waals surface area (Å²) in [6.45, 7) is 4.12. The second-order valence-electron chi connectivity index (χ2n) is 5.08. The van der Waals surface area contributed by atoms with Crippen molar-refractivity contribution in [2.45, 2.75) is 24.2 Å². The predicted octanol–water partition coefficient (Wildman–Crippen LogP) is 2.44. The Kier molecular flexibility index (Phi) is 5.13. The second kappa shape index (κ2) is 7.71. The third-order valence-electron chi connectivity index (χ3n) is 3.23. The molecule has 0 fully saturated rings. The molecule has 0 N–H and O–H groups in total. The van der Waals surface area contributed by atoms with Crippen LogP contribution in [0.2, 0.25) is 0 Å². The van der Waals surface area contributed by atoms with E-state index in [0.29, 0.717) is 23.5 Å². The molecule has 0 bridgehead atoms. The van der Waals surface area contributed by atoms with Crippen LogP contribution in [0.25, 0.3) is 11.3 Å². The molecule has 4 rings (SSSR count).